The van der Waals surface area contributed by atoms with Gasteiger partial charge in [0.25, 0.3) is 0 Å². The maximum absolute atomic E-state index is 10.6. The SMILES string of the molecule is Cc1cc2c(CC(=O)O)cccn2n1. The van der Waals surface area contributed by atoms with E-state index in [4.69, 9.17) is 5.11 Å². The Balaban J connectivity index is 2.58. The summed E-state index contributed by atoms with van der Waals surface area (Å²) in [7, 11) is 0. The Kier molecular flexibility index (Phi) is 1.96. The largest absolute Gasteiger partial charge is 0.481 e. The average Bonchev–Trinajstić information content (AvgIpc) is 2.45. The van der Waals surface area contributed by atoms with Crippen molar-refractivity contribution in [3.8, 4) is 0 Å². The lowest BCUT2D eigenvalue weighted by atomic mass is 10.1. The molecule has 0 aliphatic carbocycles. The normalized spacial score (nSPS) is 10.6. The van der Waals surface area contributed by atoms with Crippen LogP contribution in [0.2, 0.25) is 0 Å². The number of hydrogen-bond donors (Lipinski definition) is 1. The summed E-state index contributed by atoms with van der Waals surface area (Å²) in [6.45, 7) is 1.89. The minimum absolute atomic E-state index is 0.0372. The molecular formula is C10H10N2O2. The van der Waals surface area contributed by atoms with E-state index in [2.05, 4.69) is 5.10 Å². The number of carboxylic acids is 1. The summed E-state index contributed by atoms with van der Waals surface area (Å²) < 4.78 is 1.70. The molecule has 2 heterocycles. The zero-order valence-electron chi connectivity index (χ0n) is 7.77. The van der Waals surface area contributed by atoms with Crippen molar-refractivity contribution in [2.75, 3.05) is 0 Å². The van der Waals surface area contributed by atoms with Gasteiger partial charge >= 0.3 is 5.97 Å². The Hall–Kier alpha value is -1.84. The second kappa shape index (κ2) is 3.14. The fraction of sp³-hybridized carbons (Fsp3) is 0.200. The van der Waals surface area contributed by atoms with Crippen LogP contribution in [0.25, 0.3) is 5.52 Å². The average molecular weight is 190 g/mol. The highest BCUT2D eigenvalue weighted by molar-refractivity contribution is 5.74. The molecule has 4 nitrogen and oxygen atoms in total. The van der Waals surface area contributed by atoms with Gasteiger partial charge in [-0.05, 0) is 24.6 Å². The molecule has 0 aromatic carbocycles. The topological polar surface area (TPSA) is 54.6 Å². The standard InChI is InChI=1S/C10H10N2O2/c1-7-5-9-8(6-10(13)14)3-2-4-12(9)11-7/h2-5H,6H2,1H3,(H,13,14). The first-order valence-corrected chi connectivity index (χ1v) is 4.32. The highest BCUT2D eigenvalue weighted by atomic mass is 16.4. The first-order chi connectivity index (χ1) is 6.66. The monoisotopic (exact) mass is 190 g/mol. The van der Waals surface area contributed by atoms with Gasteiger partial charge in [0.05, 0.1) is 17.6 Å². The number of aromatic nitrogens is 2. The van der Waals surface area contributed by atoms with E-state index in [0.29, 0.717) is 0 Å². The van der Waals surface area contributed by atoms with Crippen LogP contribution in [0, 0.1) is 6.92 Å². The van der Waals surface area contributed by atoms with E-state index in [-0.39, 0.29) is 6.42 Å². The van der Waals surface area contributed by atoms with Crippen LogP contribution in [0.4, 0.5) is 0 Å². The third-order valence-electron chi connectivity index (χ3n) is 2.05. The number of fused-ring (bicyclic) bond motifs is 1. The van der Waals surface area contributed by atoms with Crippen LogP contribution in [0.5, 0.6) is 0 Å². The van der Waals surface area contributed by atoms with Crippen molar-refractivity contribution in [1.29, 1.82) is 0 Å². The van der Waals surface area contributed by atoms with Gasteiger partial charge in [0.15, 0.2) is 0 Å². The molecule has 2 rings (SSSR count). The second-order valence-electron chi connectivity index (χ2n) is 3.22. The summed E-state index contributed by atoms with van der Waals surface area (Å²) in [5.41, 5.74) is 2.55. The third-order valence-corrected chi connectivity index (χ3v) is 2.05. The molecule has 0 atom stereocenters. The van der Waals surface area contributed by atoms with Gasteiger partial charge in [0.1, 0.15) is 0 Å². The van der Waals surface area contributed by atoms with E-state index in [9.17, 15) is 4.79 Å². The van der Waals surface area contributed by atoms with Crippen molar-refractivity contribution in [2.24, 2.45) is 0 Å². The number of aryl methyl sites for hydroxylation is 1. The van der Waals surface area contributed by atoms with Crippen LogP contribution >= 0.6 is 0 Å². The number of pyridine rings is 1. The molecule has 0 spiro atoms. The Bertz CT molecular complexity index is 488. The summed E-state index contributed by atoms with van der Waals surface area (Å²) in [6, 6.07) is 5.50. The lowest BCUT2D eigenvalue weighted by molar-refractivity contribution is -0.136. The fourth-order valence-corrected chi connectivity index (χ4v) is 1.51. The molecule has 4 heteroatoms. The van der Waals surface area contributed by atoms with Crippen molar-refractivity contribution in [3.63, 3.8) is 0 Å². The summed E-state index contributed by atoms with van der Waals surface area (Å²) in [5.74, 6) is -0.822. The molecule has 0 unspecified atom stereocenters. The van der Waals surface area contributed by atoms with Crippen molar-refractivity contribution in [3.05, 3.63) is 35.7 Å². The highest BCUT2D eigenvalue weighted by Gasteiger charge is 2.06. The predicted octanol–water partition coefficient (Wildman–Crippen LogP) is 1.27. The molecule has 0 radical (unpaired) electrons. The quantitative estimate of drug-likeness (QED) is 0.775. The molecule has 2 aromatic rings. The number of carbonyl (C=O) groups is 1. The van der Waals surface area contributed by atoms with Crippen LogP contribution in [-0.2, 0) is 11.2 Å². The van der Waals surface area contributed by atoms with Gasteiger partial charge in [-0.1, -0.05) is 6.07 Å². The Morgan fingerprint density at radius 2 is 2.43 bits per heavy atom. The molecular weight excluding hydrogens is 180 g/mol. The molecule has 0 saturated carbocycles. The highest BCUT2D eigenvalue weighted by Crippen LogP contribution is 2.12. The van der Waals surface area contributed by atoms with E-state index in [0.717, 1.165) is 16.8 Å². The Labute approximate surface area is 80.8 Å². The minimum Gasteiger partial charge on any atom is -0.481 e. The number of hydrogen-bond acceptors (Lipinski definition) is 2. The molecule has 14 heavy (non-hydrogen) atoms. The molecule has 0 saturated heterocycles. The first-order valence-electron chi connectivity index (χ1n) is 4.32. The van der Waals surface area contributed by atoms with Crippen LogP contribution < -0.4 is 0 Å². The maximum Gasteiger partial charge on any atom is 0.307 e. The van der Waals surface area contributed by atoms with Gasteiger partial charge in [-0.25, -0.2) is 4.52 Å². The van der Waals surface area contributed by atoms with E-state index in [1.807, 2.05) is 25.3 Å². The molecule has 2 aromatic heterocycles. The van der Waals surface area contributed by atoms with E-state index in [1.165, 1.54) is 0 Å². The molecule has 0 fully saturated rings. The number of carboxylic acid groups (broad SMARTS) is 1. The lowest BCUT2D eigenvalue weighted by Crippen LogP contribution is -2.01. The van der Waals surface area contributed by atoms with Crippen LogP contribution in [0.3, 0.4) is 0 Å². The van der Waals surface area contributed by atoms with Gasteiger partial charge in [-0.15, -0.1) is 0 Å². The first kappa shape index (κ1) is 8.74. The van der Waals surface area contributed by atoms with E-state index < -0.39 is 5.97 Å². The fourth-order valence-electron chi connectivity index (χ4n) is 1.51. The Morgan fingerprint density at radius 1 is 1.64 bits per heavy atom. The van der Waals surface area contributed by atoms with E-state index in [1.54, 1.807) is 10.6 Å². The minimum atomic E-state index is -0.822. The van der Waals surface area contributed by atoms with Gasteiger partial charge in [-0.3, -0.25) is 4.79 Å². The van der Waals surface area contributed by atoms with Crippen molar-refractivity contribution in [1.82, 2.24) is 9.61 Å². The third kappa shape index (κ3) is 1.46. The zero-order valence-corrected chi connectivity index (χ0v) is 7.77. The van der Waals surface area contributed by atoms with Gasteiger partial charge in [0.2, 0.25) is 0 Å². The Morgan fingerprint density at radius 3 is 3.14 bits per heavy atom. The summed E-state index contributed by atoms with van der Waals surface area (Å²) in [6.07, 6.45) is 1.85. The van der Waals surface area contributed by atoms with Crippen molar-refractivity contribution < 1.29 is 9.90 Å². The molecule has 0 aliphatic rings. The van der Waals surface area contributed by atoms with Crippen LogP contribution in [0.1, 0.15) is 11.3 Å². The lowest BCUT2D eigenvalue weighted by Gasteiger charge is -1.99. The van der Waals surface area contributed by atoms with Gasteiger partial charge in [-0.2, -0.15) is 5.10 Å². The van der Waals surface area contributed by atoms with Crippen LogP contribution in [-0.4, -0.2) is 20.7 Å². The van der Waals surface area contributed by atoms with Crippen LogP contribution in [0.15, 0.2) is 24.4 Å². The van der Waals surface area contributed by atoms with Crippen molar-refractivity contribution >= 4 is 11.5 Å². The van der Waals surface area contributed by atoms with Gasteiger partial charge < -0.3 is 5.11 Å². The number of nitrogens with zero attached hydrogens (tertiary/aromatic N) is 2. The van der Waals surface area contributed by atoms with Gasteiger partial charge in [0, 0.05) is 6.20 Å². The second-order valence-corrected chi connectivity index (χ2v) is 3.22. The predicted molar refractivity (Wildman–Crippen MR) is 51.3 cm³/mol. The molecule has 0 aliphatic heterocycles. The molecule has 0 amide bonds. The van der Waals surface area contributed by atoms with Crippen molar-refractivity contribution in [2.45, 2.75) is 13.3 Å². The molecule has 1 N–H and O–H groups in total. The molecule has 72 valence electrons. The zero-order chi connectivity index (χ0) is 10.1. The number of rotatable bonds is 2. The summed E-state index contributed by atoms with van der Waals surface area (Å²) in [5, 5.41) is 12.9. The van der Waals surface area contributed by atoms with E-state index >= 15 is 0 Å². The molecule has 0 bridgehead atoms. The smallest absolute Gasteiger partial charge is 0.307 e. The maximum atomic E-state index is 10.6. The summed E-state index contributed by atoms with van der Waals surface area (Å²) >= 11 is 0. The summed E-state index contributed by atoms with van der Waals surface area (Å²) in [4.78, 5) is 10.6. The number of aliphatic carboxylic acids is 1.